The smallest absolute Gasteiger partial charge is 0.326 e. The fraction of sp³-hybridized carbons (Fsp3) is 0.444. The lowest BCUT2D eigenvalue weighted by atomic mass is 10.0. The number of carboxylic acids is 1. The molecule has 1 aliphatic heterocycles. The second-order valence-electron chi connectivity index (χ2n) is 7.13. The van der Waals surface area contributed by atoms with E-state index < -0.39 is 52.3 Å². The third-order valence-electron chi connectivity index (χ3n) is 4.29. The number of carboxylic acid groups (broad SMARTS) is 1. The van der Waals surface area contributed by atoms with E-state index >= 15 is 0 Å². The fourth-order valence-electron chi connectivity index (χ4n) is 2.86. The molecule has 3 N–H and O–H groups in total. The molecule has 1 aromatic rings. The van der Waals surface area contributed by atoms with Crippen LogP contribution in [0.15, 0.2) is 29.2 Å². The van der Waals surface area contributed by atoms with Crippen LogP contribution in [0.5, 0.6) is 0 Å². The Morgan fingerprint density at radius 1 is 1.10 bits per heavy atom. The Balaban J connectivity index is 2.01. The highest BCUT2D eigenvalue weighted by atomic mass is 32.2. The molecular formula is C18H23N3O7S. The van der Waals surface area contributed by atoms with Gasteiger partial charge in [0.1, 0.15) is 23.5 Å². The van der Waals surface area contributed by atoms with Gasteiger partial charge >= 0.3 is 5.97 Å². The first-order valence-electron chi connectivity index (χ1n) is 8.93. The average Bonchev–Trinajstić information content (AvgIpc) is 2.81. The normalized spacial score (nSPS) is 16.8. The molecule has 0 saturated heterocycles. The Bertz CT molecular complexity index is 943. The van der Waals surface area contributed by atoms with Crippen molar-refractivity contribution in [2.45, 2.75) is 44.2 Å². The second kappa shape index (κ2) is 8.60. The van der Waals surface area contributed by atoms with E-state index in [9.17, 15) is 32.7 Å². The third-order valence-corrected chi connectivity index (χ3v) is 6.08. The molecule has 0 saturated carbocycles. The SMILES string of the molecule is CC(C)CC(NC(=O)C(C)NC(=O)CN1C(=O)c2ccccc2S1(=O)=O)C(=O)O. The van der Waals surface area contributed by atoms with Gasteiger partial charge in [-0.05, 0) is 31.4 Å². The van der Waals surface area contributed by atoms with Gasteiger partial charge in [-0.3, -0.25) is 14.4 Å². The molecule has 0 aliphatic carbocycles. The van der Waals surface area contributed by atoms with Gasteiger partial charge in [-0.1, -0.05) is 26.0 Å². The number of carbonyl (C=O) groups excluding carboxylic acids is 3. The standard InChI is InChI=1S/C18H23N3O7S/c1-10(2)8-13(18(25)26)20-16(23)11(3)19-15(22)9-21-17(24)12-6-4-5-7-14(12)29(21,27)28/h4-7,10-11,13H,8-9H2,1-3H3,(H,19,22)(H,20,23)(H,25,26). The van der Waals surface area contributed by atoms with Crippen molar-refractivity contribution in [3.63, 3.8) is 0 Å². The predicted molar refractivity (Wildman–Crippen MR) is 101 cm³/mol. The molecule has 10 nitrogen and oxygen atoms in total. The first-order valence-corrected chi connectivity index (χ1v) is 10.4. The maximum atomic E-state index is 12.5. The van der Waals surface area contributed by atoms with Crippen LogP contribution >= 0.6 is 0 Å². The molecule has 0 aromatic heterocycles. The van der Waals surface area contributed by atoms with Crippen molar-refractivity contribution in [2.75, 3.05) is 6.54 Å². The van der Waals surface area contributed by atoms with Crippen molar-refractivity contribution in [1.82, 2.24) is 14.9 Å². The van der Waals surface area contributed by atoms with Crippen molar-refractivity contribution < 1.29 is 32.7 Å². The highest BCUT2D eigenvalue weighted by molar-refractivity contribution is 7.90. The lowest BCUT2D eigenvalue weighted by molar-refractivity contribution is -0.142. The van der Waals surface area contributed by atoms with Gasteiger partial charge in [0, 0.05) is 0 Å². The summed E-state index contributed by atoms with van der Waals surface area (Å²) in [4.78, 5) is 47.8. The molecule has 1 aliphatic rings. The van der Waals surface area contributed by atoms with Crippen LogP contribution in [0.25, 0.3) is 0 Å². The van der Waals surface area contributed by atoms with E-state index in [-0.39, 0.29) is 22.8 Å². The lowest BCUT2D eigenvalue weighted by Gasteiger charge is -2.21. The number of sulfonamides is 1. The fourth-order valence-corrected chi connectivity index (χ4v) is 4.39. The van der Waals surface area contributed by atoms with Crippen LogP contribution in [-0.4, -0.2) is 60.1 Å². The van der Waals surface area contributed by atoms with Gasteiger partial charge in [-0.15, -0.1) is 0 Å². The largest absolute Gasteiger partial charge is 0.480 e. The molecule has 11 heteroatoms. The summed E-state index contributed by atoms with van der Waals surface area (Å²) in [6.07, 6.45) is 0.209. The number of rotatable bonds is 8. The average molecular weight is 425 g/mol. The Hall–Kier alpha value is -2.95. The zero-order valence-electron chi connectivity index (χ0n) is 16.2. The summed E-state index contributed by atoms with van der Waals surface area (Å²) in [6.45, 7) is 4.15. The summed E-state index contributed by atoms with van der Waals surface area (Å²) in [5.74, 6) is -3.60. The van der Waals surface area contributed by atoms with E-state index in [1.165, 1.54) is 31.2 Å². The minimum Gasteiger partial charge on any atom is -0.480 e. The van der Waals surface area contributed by atoms with E-state index in [2.05, 4.69) is 10.6 Å². The van der Waals surface area contributed by atoms with Crippen LogP contribution in [0.2, 0.25) is 0 Å². The van der Waals surface area contributed by atoms with Gasteiger partial charge in [0.2, 0.25) is 11.8 Å². The minimum absolute atomic E-state index is 0.0225. The summed E-state index contributed by atoms with van der Waals surface area (Å²) in [6, 6.07) is 3.37. The molecule has 2 atom stereocenters. The van der Waals surface area contributed by atoms with Gasteiger partial charge < -0.3 is 15.7 Å². The molecule has 1 aromatic carbocycles. The maximum absolute atomic E-state index is 12.5. The molecule has 0 radical (unpaired) electrons. The van der Waals surface area contributed by atoms with Gasteiger partial charge in [0.15, 0.2) is 0 Å². The highest BCUT2D eigenvalue weighted by Gasteiger charge is 2.42. The Kier molecular flexibility index (Phi) is 6.62. The Labute approximate surface area is 168 Å². The van der Waals surface area contributed by atoms with Gasteiger partial charge in [-0.2, -0.15) is 0 Å². The Morgan fingerprint density at radius 3 is 2.28 bits per heavy atom. The number of amides is 3. The summed E-state index contributed by atoms with van der Waals surface area (Å²) >= 11 is 0. The van der Waals surface area contributed by atoms with E-state index in [4.69, 9.17) is 0 Å². The predicted octanol–water partition coefficient (Wildman–Crippen LogP) is -0.0487. The minimum atomic E-state index is -4.15. The van der Waals surface area contributed by atoms with Crippen molar-refractivity contribution >= 4 is 33.7 Å². The first-order chi connectivity index (χ1) is 13.4. The van der Waals surface area contributed by atoms with Crippen molar-refractivity contribution in [3.8, 4) is 0 Å². The summed E-state index contributed by atoms with van der Waals surface area (Å²) in [5.41, 5.74) is -0.0240. The van der Waals surface area contributed by atoms with E-state index in [1.54, 1.807) is 13.8 Å². The van der Waals surface area contributed by atoms with Crippen LogP contribution in [0.4, 0.5) is 0 Å². The molecule has 158 valence electrons. The zero-order valence-corrected chi connectivity index (χ0v) is 17.0. The molecule has 0 fully saturated rings. The summed E-state index contributed by atoms with van der Waals surface area (Å²) in [5, 5.41) is 13.8. The number of fused-ring (bicyclic) bond motifs is 1. The van der Waals surface area contributed by atoms with Crippen LogP contribution in [0.3, 0.4) is 0 Å². The van der Waals surface area contributed by atoms with E-state index in [0.29, 0.717) is 4.31 Å². The number of hydrogen-bond acceptors (Lipinski definition) is 6. The lowest BCUT2D eigenvalue weighted by Crippen LogP contribution is -2.52. The van der Waals surface area contributed by atoms with Crippen molar-refractivity contribution in [1.29, 1.82) is 0 Å². The van der Waals surface area contributed by atoms with Gasteiger partial charge in [0.25, 0.3) is 15.9 Å². The van der Waals surface area contributed by atoms with Gasteiger partial charge in [-0.25, -0.2) is 17.5 Å². The van der Waals surface area contributed by atoms with Crippen LogP contribution in [-0.2, 0) is 24.4 Å². The number of benzene rings is 1. The first kappa shape index (κ1) is 22.3. The molecule has 0 bridgehead atoms. The van der Waals surface area contributed by atoms with E-state index in [1.807, 2.05) is 0 Å². The van der Waals surface area contributed by atoms with Crippen molar-refractivity contribution in [2.24, 2.45) is 5.92 Å². The zero-order chi connectivity index (χ0) is 21.9. The number of hydrogen-bond donors (Lipinski definition) is 3. The number of aliphatic carboxylic acids is 1. The number of nitrogens with zero attached hydrogens (tertiary/aromatic N) is 1. The van der Waals surface area contributed by atoms with Crippen LogP contribution < -0.4 is 10.6 Å². The topological polar surface area (TPSA) is 150 Å². The monoisotopic (exact) mass is 425 g/mol. The third kappa shape index (κ3) is 4.91. The molecular weight excluding hydrogens is 402 g/mol. The second-order valence-corrected chi connectivity index (χ2v) is 8.96. The molecule has 0 spiro atoms. The number of nitrogens with one attached hydrogen (secondary N) is 2. The number of carbonyl (C=O) groups is 4. The highest BCUT2D eigenvalue weighted by Crippen LogP contribution is 2.29. The quantitative estimate of drug-likeness (QED) is 0.528. The molecule has 2 rings (SSSR count). The molecule has 3 amide bonds. The van der Waals surface area contributed by atoms with Gasteiger partial charge in [0.05, 0.1) is 5.56 Å². The molecule has 1 heterocycles. The van der Waals surface area contributed by atoms with Crippen LogP contribution in [0, 0.1) is 5.92 Å². The Morgan fingerprint density at radius 2 is 1.72 bits per heavy atom. The molecule has 29 heavy (non-hydrogen) atoms. The summed E-state index contributed by atoms with van der Waals surface area (Å²) < 4.78 is 25.3. The maximum Gasteiger partial charge on any atom is 0.326 e. The van der Waals surface area contributed by atoms with Crippen LogP contribution in [0.1, 0.15) is 37.6 Å². The van der Waals surface area contributed by atoms with Crippen molar-refractivity contribution in [3.05, 3.63) is 29.8 Å². The molecule has 2 unspecified atom stereocenters. The van der Waals surface area contributed by atoms with E-state index in [0.717, 1.165) is 0 Å². The summed E-state index contributed by atoms with van der Waals surface area (Å²) in [7, 11) is -4.15.